The van der Waals surface area contributed by atoms with Crippen LogP contribution >= 0.6 is 35.6 Å². The van der Waals surface area contributed by atoms with Crippen LogP contribution in [0.15, 0.2) is 23.2 Å². The first-order valence-electron chi connectivity index (χ1n) is 6.50. The van der Waals surface area contributed by atoms with Gasteiger partial charge in [-0.3, -0.25) is 4.99 Å². The minimum atomic E-state index is -2.88. The van der Waals surface area contributed by atoms with Gasteiger partial charge >= 0.3 is 0 Å². The zero-order valence-electron chi connectivity index (χ0n) is 12.1. The molecule has 0 radical (unpaired) electrons. The number of hydrogen-bond acceptors (Lipinski definition) is 4. The average molecular weight is 460 g/mol. The largest absolute Gasteiger partial charge is 0.495 e. The number of nitrogens with two attached hydrogens (primary N) is 1. The maximum absolute atomic E-state index is 11.4. The third kappa shape index (κ3) is 5.47. The zero-order chi connectivity index (χ0) is 15.5. The Morgan fingerprint density at radius 2 is 2.27 bits per heavy atom. The van der Waals surface area contributed by atoms with Crippen LogP contribution in [0.2, 0.25) is 5.02 Å². The smallest absolute Gasteiger partial charge is 0.193 e. The number of nitrogens with one attached hydrogen (secondary N) is 1. The van der Waals surface area contributed by atoms with E-state index >= 15 is 0 Å². The minimum absolute atomic E-state index is 0. The molecule has 0 spiro atoms. The quantitative estimate of drug-likeness (QED) is 0.409. The van der Waals surface area contributed by atoms with Gasteiger partial charge in [-0.25, -0.2) is 8.42 Å². The number of sulfone groups is 1. The molecule has 1 unspecified atom stereocenters. The van der Waals surface area contributed by atoms with Gasteiger partial charge in [-0.05, 0) is 30.5 Å². The Labute approximate surface area is 152 Å². The number of nitrogens with zero attached hydrogens (tertiary/aromatic N) is 1. The van der Waals surface area contributed by atoms with Gasteiger partial charge in [0.2, 0.25) is 0 Å². The Hall–Kier alpha value is -0.740. The lowest BCUT2D eigenvalue weighted by molar-refractivity contribution is 0.415. The first kappa shape index (κ1) is 19.3. The van der Waals surface area contributed by atoms with E-state index in [0.29, 0.717) is 29.4 Å². The molecule has 0 saturated carbocycles. The number of methoxy groups -OCH3 is 1. The van der Waals surface area contributed by atoms with E-state index < -0.39 is 9.84 Å². The molecule has 1 aromatic carbocycles. The number of guanidine groups is 1. The second-order valence-electron chi connectivity index (χ2n) is 4.97. The maximum Gasteiger partial charge on any atom is 0.193 e. The summed E-state index contributed by atoms with van der Waals surface area (Å²) in [7, 11) is -1.34. The van der Waals surface area contributed by atoms with Gasteiger partial charge in [0.05, 0.1) is 23.6 Å². The van der Waals surface area contributed by atoms with Gasteiger partial charge in [0.25, 0.3) is 0 Å². The molecule has 0 amide bonds. The van der Waals surface area contributed by atoms with Crippen LogP contribution in [0.5, 0.6) is 5.75 Å². The second-order valence-corrected chi connectivity index (χ2v) is 7.61. The lowest BCUT2D eigenvalue weighted by atomic mass is 10.1. The second kappa shape index (κ2) is 8.21. The summed E-state index contributed by atoms with van der Waals surface area (Å²) in [6.07, 6.45) is 0.646. The van der Waals surface area contributed by atoms with Crippen LogP contribution in [0, 0.1) is 5.92 Å². The van der Waals surface area contributed by atoms with Gasteiger partial charge in [0.15, 0.2) is 15.8 Å². The summed E-state index contributed by atoms with van der Waals surface area (Å²) in [6, 6.07) is 5.18. The number of rotatable bonds is 4. The van der Waals surface area contributed by atoms with E-state index in [9.17, 15) is 8.42 Å². The SMILES string of the molecule is COc1ccc(NC(N)=NCC2CCS(=O)(=O)C2)cc1Cl.I. The lowest BCUT2D eigenvalue weighted by Crippen LogP contribution is -2.24. The van der Waals surface area contributed by atoms with E-state index in [0.717, 1.165) is 0 Å². The number of aliphatic imine (C=N–C) groups is 1. The Kier molecular flexibility index (Phi) is 7.20. The predicted molar refractivity (Wildman–Crippen MR) is 100 cm³/mol. The highest BCUT2D eigenvalue weighted by atomic mass is 127. The number of hydrogen-bond donors (Lipinski definition) is 2. The van der Waals surface area contributed by atoms with Crippen LogP contribution in [0.3, 0.4) is 0 Å². The maximum atomic E-state index is 11.4. The fourth-order valence-electron chi connectivity index (χ4n) is 2.17. The Morgan fingerprint density at radius 1 is 1.55 bits per heavy atom. The monoisotopic (exact) mass is 459 g/mol. The van der Waals surface area contributed by atoms with E-state index in [2.05, 4.69) is 10.3 Å². The highest BCUT2D eigenvalue weighted by molar-refractivity contribution is 14.0. The van der Waals surface area contributed by atoms with Crippen molar-refractivity contribution in [2.45, 2.75) is 6.42 Å². The van der Waals surface area contributed by atoms with E-state index in [1.54, 1.807) is 25.3 Å². The van der Waals surface area contributed by atoms with E-state index in [-0.39, 0.29) is 47.4 Å². The summed E-state index contributed by atoms with van der Waals surface area (Å²) < 4.78 is 27.8. The molecule has 1 aliphatic rings. The first-order chi connectivity index (χ1) is 9.89. The topological polar surface area (TPSA) is 93.8 Å². The van der Waals surface area contributed by atoms with E-state index in [4.69, 9.17) is 22.1 Å². The molecule has 0 aromatic heterocycles. The highest BCUT2D eigenvalue weighted by Gasteiger charge is 2.27. The summed E-state index contributed by atoms with van der Waals surface area (Å²) in [4.78, 5) is 4.18. The molecule has 1 heterocycles. The molecule has 124 valence electrons. The molecule has 1 saturated heterocycles. The average Bonchev–Trinajstić information content (AvgIpc) is 2.76. The van der Waals surface area contributed by atoms with Crippen molar-refractivity contribution in [3.63, 3.8) is 0 Å². The predicted octanol–water partition coefficient (Wildman–Crippen LogP) is 2.13. The van der Waals surface area contributed by atoms with Gasteiger partial charge in [0, 0.05) is 12.2 Å². The van der Waals surface area contributed by atoms with Crippen LogP contribution in [0.4, 0.5) is 5.69 Å². The molecule has 22 heavy (non-hydrogen) atoms. The Morgan fingerprint density at radius 3 is 2.82 bits per heavy atom. The van der Waals surface area contributed by atoms with Crippen molar-refractivity contribution in [1.29, 1.82) is 0 Å². The number of anilines is 1. The van der Waals surface area contributed by atoms with Crippen molar-refractivity contribution < 1.29 is 13.2 Å². The van der Waals surface area contributed by atoms with E-state index in [1.807, 2.05) is 0 Å². The normalized spacial score (nSPS) is 20.3. The molecule has 1 aromatic rings. The lowest BCUT2D eigenvalue weighted by Gasteiger charge is -2.09. The Balaban J connectivity index is 0.00000242. The summed E-state index contributed by atoms with van der Waals surface area (Å²) in [6.45, 7) is 0.405. The summed E-state index contributed by atoms with van der Waals surface area (Å²) >= 11 is 6.01. The summed E-state index contributed by atoms with van der Waals surface area (Å²) in [5, 5.41) is 3.39. The number of ether oxygens (including phenoxy) is 1. The molecule has 6 nitrogen and oxygen atoms in total. The summed E-state index contributed by atoms with van der Waals surface area (Å²) in [5.74, 6) is 1.30. The van der Waals surface area contributed by atoms with E-state index in [1.165, 1.54) is 0 Å². The molecule has 0 bridgehead atoms. The Bertz CT molecular complexity index is 652. The van der Waals surface area contributed by atoms with Crippen molar-refractivity contribution in [3.05, 3.63) is 23.2 Å². The standard InChI is InChI=1S/C13H18ClN3O3S.HI/c1-20-12-3-2-10(6-11(12)14)17-13(15)16-7-9-4-5-21(18,19)8-9;/h2-3,6,9H,4-5,7-8H2,1H3,(H3,15,16,17);1H. The molecule has 1 aliphatic heterocycles. The first-order valence-corrected chi connectivity index (χ1v) is 8.70. The molecule has 1 fully saturated rings. The third-order valence-corrected chi connectivity index (χ3v) is 5.40. The van der Waals surface area contributed by atoms with Gasteiger partial charge in [-0.1, -0.05) is 11.6 Å². The fraction of sp³-hybridized carbons (Fsp3) is 0.462. The van der Waals surface area contributed by atoms with Gasteiger partial charge in [0.1, 0.15) is 5.75 Å². The van der Waals surface area contributed by atoms with Crippen molar-refractivity contribution in [2.24, 2.45) is 16.6 Å². The molecular formula is C13H19ClIN3O3S. The molecule has 2 rings (SSSR count). The van der Waals surface area contributed by atoms with Gasteiger partial charge in [-0.2, -0.15) is 0 Å². The van der Waals surface area contributed by atoms with Crippen molar-refractivity contribution in [1.82, 2.24) is 0 Å². The van der Waals surface area contributed by atoms with Crippen LogP contribution in [0.1, 0.15) is 6.42 Å². The molecule has 3 N–H and O–H groups in total. The molecular weight excluding hydrogens is 441 g/mol. The third-order valence-electron chi connectivity index (χ3n) is 3.27. The van der Waals surface area contributed by atoms with Crippen molar-refractivity contribution >= 4 is 57.1 Å². The van der Waals surface area contributed by atoms with Gasteiger partial charge < -0.3 is 15.8 Å². The fourth-order valence-corrected chi connectivity index (χ4v) is 4.28. The van der Waals surface area contributed by atoms with Crippen LogP contribution in [0.25, 0.3) is 0 Å². The number of halogens is 2. The van der Waals surface area contributed by atoms with Crippen LogP contribution in [-0.2, 0) is 9.84 Å². The molecule has 1 atom stereocenters. The summed E-state index contributed by atoms with van der Waals surface area (Å²) in [5.41, 5.74) is 6.48. The number of benzene rings is 1. The van der Waals surface area contributed by atoms with Gasteiger partial charge in [-0.15, -0.1) is 24.0 Å². The van der Waals surface area contributed by atoms with Crippen molar-refractivity contribution in [3.8, 4) is 5.75 Å². The van der Waals surface area contributed by atoms with Crippen LogP contribution in [-0.4, -0.2) is 39.5 Å². The van der Waals surface area contributed by atoms with Crippen LogP contribution < -0.4 is 15.8 Å². The van der Waals surface area contributed by atoms with Crippen molar-refractivity contribution in [2.75, 3.05) is 30.5 Å². The molecule has 9 heteroatoms. The molecule has 0 aliphatic carbocycles. The highest BCUT2D eigenvalue weighted by Crippen LogP contribution is 2.27. The minimum Gasteiger partial charge on any atom is -0.495 e. The zero-order valence-corrected chi connectivity index (χ0v) is 16.0.